The first-order valence-corrected chi connectivity index (χ1v) is 9.94. The molecule has 0 radical (unpaired) electrons. The summed E-state index contributed by atoms with van der Waals surface area (Å²) in [5.41, 5.74) is 8.61. The summed E-state index contributed by atoms with van der Waals surface area (Å²) in [6.07, 6.45) is 7.53. The molecule has 0 spiro atoms. The highest BCUT2D eigenvalue weighted by Crippen LogP contribution is 2.24. The van der Waals surface area contributed by atoms with Crippen molar-refractivity contribution in [2.45, 2.75) is 44.3 Å². The summed E-state index contributed by atoms with van der Waals surface area (Å²) >= 11 is 0. The smallest absolute Gasteiger partial charge is 0.130 e. The van der Waals surface area contributed by atoms with Crippen LogP contribution in [-0.4, -0.2) is 27.0 Å². The summed E-state index contributed by atoms with van der Waals surface area (Å²) < 4.78 is 13.3. The van der Waals surface area contributed by atoms with Crippen molar-refractivity contribution >= 4 is 11.6 Å². The first-order chi connectivity index (χ1) is 14.2. The minimum Gasteiger partial charge on any atom is -0.367 e. The van der Waals surface area contributed by atoms with Gasteiger partial charge in [0.15, 0.2) is 0 Å². The van der Waals surface area contributed by atoms with E-state index in [1.54, 1.807) is 12.3 Å². The topological polar surface area (TPSA) is 88.8 Å². The summed E-state index contributed by atoms with van der Waals surface area (Å²) in [5, 5.41) is 6.74. The molecule has 4 rings (SSSR count). The van der Waals surface area contributed by atoms with E-state index in [9.17, 15) is 4.39 Å². The summed E-state index contributed by atoms with van der Waals surface area (Å²) in [6.45, 7) is 0.487. The first kappa shape index (κ1) is 19.3. The average Bonchev–Trinajstić information content (AvgIpc) is 2.74. The first-order valence-electron chi connectivity index (χ1n) is 9.94. The van der Waals surface area contributed by atoms with Crippen LogP contribution in [0.5, 0.6) is 0 Å². The van der Waals surface area contributed by atoms with Crippen LogP contribution < -0.4 is 16.4 Å². The van der Waals surface area contributed by atoms with Crippen LogP contribution in [-0.2, 0) is 6.54 Å². The van der Waals surface area contributed by atoms with Crippen LogP contribution in [0, 0.1) is 5.82 Å². The van der Waals surface area contributed by atoms with E-state index in [1.165, 1.54) is 18.5 Å². The zero-order chi connectivity index (χ0) is 20.1. The molecule has 2 aromatic heterocycles. The number of nitrogens with one attached hydrogen (secondary N) is 2. The van der Waals surface area contributed by atoms with E-state index >= 15 is 0 Å². The SMILES string of the molecule is NC1CCC(Nc2cc(-c3cc(NCc4cccc(F)c4)ncn3)ccn2)CC1. The number of anilines is 2. The Kier molecular flexibility index (Phi) is 5.95. The molecular weight excluding hydrogens is 367 g/mol. The highest BCUT2D eigenvalue weighted by Gasteiger charge is 2.18. The van der Waals surface area contributed by atoms with Crippen LogP contribution >= 0.6 is 0 Å². The lowest BCUT2D eigenvalue weighted by Gasteiger charge is -2.27. The minimum atomic E-state index is -0.246. The van der Waals surface area contributed by atoms with E-state index in [1.807, 2.05) is 24.3 Å². The number of pyridine rings is 1. The van der Waals surface area contributed by atoms with E-state index in [0.29, 0.717) is 24.4 Å². The van der Waals surface area contributed by atoms with Crippen LogP contribution in [0.2, 0.25) is 0 Å². The van der Waals surface area contributed by atoms with Crippen LogP contribution in [0.4, 0.5) is 16.0 Å². The monoisotopic (exact) mass is 392 g/mol. The minimum absolute atomic E-state index is 0.246. The summed E-state index contributed by atoms with van der Waals surface area (Å²) in [5.74, 6) is 1.28. The molecule has 1 aromatic carbocycles. The van der Waals surface area contributed by atoms with Gasteiger partial charge >= 0.3 is 0 Å². The third-order valence-electron chi connectivity index (χ3n) is 5.21. The van der Waals surface area contributed by atoms with Crippen molar-refractivity contribution in [2.24, 2.45) is 5.73 Å². The van der Waals surface area contributed by atoms with Crippen molar-refractivity contribution in [3.05, 3.63) is 66.4 Å². The van der Waals surface area contributed by atoms with Crippen LogP contribution in [0.3, 0.4) is 0 Å². The van der Waals surface area contributed by atoms with E-state index in [2.05, 4.69) is 25.6 Å². The second-order valence-electron chi connectivity index (χ2n) is 7.46. The standard InChI is InChI=1S/C22H25FN6/c23-17-3-1-2-15(10-17)13-26-21-12-20(27-14-28-21)16-8-9-25-22(11-16)29-19-6-4-18(24)5-7-19/h1-3,8-12,14,18-19H,4-7,13,24H2,(H,25,29)(H,26,27,28). The Hall–Kier alpha value is -3.06. The Labute approximate surface area is 169 Å². The van der Waals surface area contributed by atoms with Gasteiger partial charge in [0.25, 0.3) is 0 Å². The number of nitrogens with two attached hydrogens (primary N) is 1. The number of hydrogen-bond acceptors (Lipinski definition) is 6. The van der Waals surface area contributed by atoms with Gasteiger partial charge in [-0.05, 0) is 55.5 Å². The Morgan fingerprint density at radius 3 is 2.66 bits per heavy atom. The Morgan fingerprint density at radius 1 is 0.966 bits per heavy atom. The molecule has 29 heavy (non-hydrogen) atoms. The van der Waals surface area contributed by atoms with Crippen molar-refractivity contribution in [1.82, 2.24) is 15.0 Å². The van der Waals surface area contributed by atoms with Gasteiger partial charge in [-0.1, -0.05) is 12.1 Å². The molecule has 4 N–H and O–H groups in total. The number of halogens is 1. The quantitative estimate of drug-likeness (QED) is 0.588. The predicted molar refractivity (Wildman–Crippen MR) is 113 cm³/mol. The molecule has 7 heteroatoms. The normalized spacial score (nSPS) is 19.0. The zero-order valence-corrected chi connectivity index (χ0v) is 16.2. The molecule has 0 aliphatic heterocycles. The number of rotatable bonds is 6. The predicted octanol–water partition coefficient (Wildman–Crippen LogP) is 3.97. The summed E-state index contributed by atoms with van der Waals surface area (Å²) in [6, 6.07) is 13.1. The maximum absolute atomic E-state index is 13.3. The van der Waals surface area contributed by atoms with E-state index in [-0.39, 0.29) is 5.82 Å². The van der Waals surface area contributed by atoms with E-state index in [0.717, 1.165) is 48.3 Å². The van der Waals surface area contributed by atoms with Crippen molar-refractivity contribution in [3.63, 3.8) is 0 Å². The highest BCUT2D eigenvalue weighted by molar-refractivity contribution is 5.65. The molecule has 2 heterocycles. The van der Waals surface area contributed by atoms with Gasteiger partial charge in [0.1, 0.15) is 23.8 Å². The second-order valence-corrected chi connectivity index (χ2v) is 7.46. The maximum Gasteiger partial charge on any atom is 0.130 e. The number of hydrogen-bond donors (Lipinski definition) is 3. The van der Waals surface area contributed by atoms with Crippen LogP contribution in [0.25, 0.3) is 11.3 Å². The molecule has 6 nitrogen and oxygen atoms in total. The molecule has 0 amide bonds. The van der Waals surface area contributed by atoms with Gasteiger partial charge in [0, 0.05) is 36.5 Å². The third kappa shape index (κ3) is 5.26. The molecule has 1 aliphatic carbocycles. The van der Waals surface area contributed by atoms with Crippen molar-refractivity contribution in [3.8, 4) is 11.3 Å². The second kappa shape index (κ2) is 8.96. The molecule has 3 aromatic rings. The zero-order valence-electron chi connectivity index (χ0n) is 16.2. The largest absolute Gasteiger partial charge is 0.367 e. The molecule has 0 unspecified atom stereocenters. The van der Waals surface area contributed by atoms with Gasteiger partial charge in [-0.25, -0.2) is 19.3 Å². The maximum atomic E-state index is 13.3. The number of aromatic nitrogens is 3. The van der Waals surface area contributed by atoms with Gasteiger partial charge in [0.05, 0.1) is 5.69 Å². The summed E-state index contributed by atoms with van der Waals surface area (Å²) in [4.78, 5) is 13.1. The van der Waals surface area contributed by atoms with Gasteiger partial charge in [0.2, 0.25) is 0 Å². The fourth-order valence-corrected chi connectivity index (χ4v) is 3.59. The van der Waals surface area contributed by atoms with Crippen LogP contribution in [0.15, 0.2) is 55.0 Å². The molecule has 0 atom stereocenters. The van der Waals surface area contributed by atoms with Crippen molar-refractivity contribution in [1.29, 1.82) is 0 Å². The molecule has 1 aliphatic rings. The number of benzene rings is 1. The molecule has 150 valence electrons. The summed E-state index contributed by atoms with van der Waals surface area (Å²) in [7, 11) is 0. The molecule has 0 bridgehead atoms. The third-order valence-corrected chi connectivity index (χ3v) is 5.21. The van der Waals surface area contributed by atoms with E-state index < -0.39 is 0 Å². The Balaban J connectivity index is 1.43. The Morgan fingerprint density at radius 2 is 1.83 bits per heavy atom. The van der Waals surface area contributed by atoms with Gasteiger partial charge in [-0.3, -0.25) is 0 Å². The fraction of sp³-hybridized carbons (Fsp3) is 0.318. The fourth-order valence-electron chi connectivity index (χ4n) is 3.59. The molecule has 1 saturated carbocycles. The number of nitrogens with zero attached hydrogens (tertiary/aromatic N) is 3. The van der Waals surface area contributed by atoms with E-state index in [4.69, 9.17) is 5.73 Å². The lowest BCUT2D eigenvalue weighted by molar-refractivity contribution is 0.410. The lowest BCUT2D eigenvalue weighted by Crippen LogP contribution is -2.32. The molecule has 1 fully saturated rings. The van der Waals surface area contributed by atoms with Crippen LogP contribution in [0.1, 0.15) is 31.2 Å². The molecular formula is C22H25FN6. The van der Waals surface area contributed by atoms with Gasteiger partial charge < -0.3 is 16.4 Å². The molecule has 0 saturated heterocycles. The average molecular weight is 392 g/mol. The van der Waals surface area contributed by atoms with Crippen molar-refractivity contribution < 1.29 is 4.39 Å². The van der Waals surface area contributed by atoms with Gasteiger partial charge in [-0.15, -0.1) is 0 Å². The Bertz CT molecular complexity index is 955. The lowest BCUT2D eigenvalue weighted by atomic mass is 9.92. The highest BCUT2D eigenvalue weighted by atomic mass is 19.1. The van der Waals surface area contributed by atoms with Gasteiger partial charge in [-0.2, -0.15) is 0 Å². The van der Waals surface area contributed by atoms with Crippen molar-refractivity contribution in [2.75, 3.05) is 10.6 Å².